The lowest BCUT2D eigenvalue weighted by molar-refractivity contribution is -0.0961. The standard InChI is InChI=1S/C9H4F6O/c10-4-2-1-3-5(11)6(4)7(16)9(14,15)8(12)13/h1-3,8H. The van der Waals surface area contributed by atoms with Gasteiger partial charge in [-0.25, -0.2) is 17.6 Å². The summed E-state index contributed by atoms with van der Waals surface area (Å²) in [4.78, 5) is 10.8. The third-order valence-corrected chi connectivity index (χ3v) is 1.77. The number of carbonyl (C=O) groups excluding carboxylic acids is 1. The van der Waals surface area contributed by atoms with Gasteiger partial charge in [-0.1, -0.05) is 6.07 Å². The molecule has 0 fully saturated rings. The molecule has 1 aromatic carbocycles. The molecule has 0 amide bonds. The number of benzene rings is 1. The summed E-state index contributed by atoms with van der Waals surface area (Å²) in [5, 5.41) is 0. The quantitative estimate of drug-likeness (QED) is 0.588. The molecular weight excluding hydrogens is 238 g/mol. The van der Waals surface area contributed by atoms with E-state index >= 15 is 0 Å². The first-order valence-electron chi connectivity index (χ1n) is 3.93. The van der Waals surface area contributed by atoms with Crippen molar-refractivity contribution in [2.45, 2.75) is 12.3 Å². The Labute approximate surface area is 85.7 Å². The maximum atomic E-state index is 12.9. The zero-order valence-electron chi connectivity index (χ0n) is 7.49. The van der Waals surface area contributed by atoms with Crippen LogP contribution in [0.3, 0.4) is 0 Å². The van der Waals surface area contributed by atoms with Gasteiger partial charge >= 0.3 is 12.3 Å². The molecule has 0 unspecified atom stereocenters. The van der Waals surface area contributed by atoms with Gasteiger partial charge in [0.25, 0.3) is 0 Å². The highest BCUT2D eigenvalue weighted by atomic mass is 19.3. The average molecular weight is 242 g/mol. The second kappa shape index (κ2) is 4.15. The Morgan fingerprint density at radius 1 is 1.12 bits per heavy atom. The molecule has 0 saturated carbocycles. The van der Waals surface area contributed by atoms with Crippen molar-refractivity contribution in [1.29, 1.82) is 0 Å². The molecule has 1 rings (SSSR count). The molecule has 0 saturated heterocycles. The van der Waals surface area contributed by atoms with E-state index in [0.29, 0.717) is 12.1 Å². The second-order valence-electron chi connectivity index (χ2n) is 2.85. The van der Waals surface area contributed by atoms with Crippen LogP contribution in [0.5, 0.6) is 0 Å². The molecule has 0 N–H and O–H groups in total. The molecule has 0 aliphatic heterocycles. The minimum Gasteiger partial charge on any atom is -0.287 e. The van der Waals surface area contributed by atoms with Crippen LogP contribution in [0, 0.1) is 11.6 Å². The van der Waals surface area contributed by atoms with Crippen LogP contribution >= 0.6 is 0 Å². The number of hydrogen-bond donors (Lipinski definition) is 0. The lowest BCUT2D eigenvalue weighted by atomic mass is 10.0. The first-order valence-corrected chi connectivity index (χ1v) is 3.93. The highest BCUT2D eigenvalue weighted by molar-refractivity contribution is 6.02. The molecule has 0 aromatic heterocycles. The molecule has 0 spiro atoms. The van der Waals surface area contributed by atoms with Gasteiger partial charge in [-0.15, -0.1) is 0 Å². The largest absolute Gasteiger partial charge is 0.369 e. The predicted molar refractivity (Wildman–Crippen MR) is 41.6 cm³/mol. The SMILES string of the molecule is O=C(c1c(F)cccc1F)C(F)(F)C(F)F. The van der Waals surface area contributed by atoms with Crippen molar-refractivity contribution in [3.8, 4) is 0 Å². The number of halogens is 6. The van der Waals surface area contributed by atoms with Crippen LogP contribution in [0.4, 0.5) is 26.3 Å². The minimum absolute atomic E-state index is 0.526. The van der Waals surface area contributed by atoms with Crippen molar-refractivity contribution in [2.75, 3.05) is 0 Å². The van der Waals surface area contributed by atoms with Crippen LogP contribution in [-0.2, 0) is 0 Å². The van der Waals surface area contributed by atoms with E-state index in [1.807, 2.05) is 0 Å². The number of rotatable bonds is 3. The Hall–Kier alpha value is -1.53. The summed E-state index contributed by atoms with van der Waals surface area (Å²) in [5.41, 5.74) is -1.66. The Bertz CT molecular complexity index is 394. The van der Waals surface area contributed by atoms with Crippen molar-refractivity contribution in [3.05, 3.63) is 35.4 Å². The summed E-state index contributed by atoms with van der Waals surface area (Å²) < 4.78 is 74.4. The van der Waals surface area contributed by atoms with Crippen molar-refractivity contribution in [2.24, 2.45) is 0 Å². The molecule has 0 radical (unpaired) electrons. The summed E-state index contributed by atoms with van der Waals surface area (Å²) in [6, 6.07) is 1.87. The van der Waals surface area contributed by atoms with Crippen LogP contribution in [0.25, 0.3) is 0 Å². The third-order valence-electron chi connectivity index (χ3n) is 1.77. The summed E-state index contributed by atoms with van der Waals surface area (Å²) >= 11 is 0. The second-order valence-corrected chi connectivity index (χ2v) is 2.85. The zero-order valence-corrected chi connectivity index (χ0v) is 7.49. The number of Topliss-reactive ketones (excluding diaryl/α,β-unsaturated/α-hetero) is 1. The summed E-state index contributed by atoms with van der Waals surface area (Å²) in [7, 11) is 0. The molecule has 0 bridgehead atoms. The van der Waals surface area contributed by atoms with Gasteiger partial charge in [-0.3, -0.25) is 4.79 Å². The fraction of sp³-hybridized carbons (Fsp3) is 0.222. The zero-order chi connectivity index (χ0) is 12.5. The normalized spacial score (nSPS) is 11.9. The van der Waals surface area contributed by atoms with Crippen LogP contribution in [-0.4, -0.2) is 18.1 Å². The van der Waals surface area contributed by atoms with E-state index in [4.69, 9.17) is 0 Å². The topological polar surface area (TPSA) is 17.1 Å². The maximum Gasteiger partial charge on any atom is 0.369 e. The summed E-state index contributed by atoms with van der Waals surface area (Å²) in [6.07, 6.45) is -4.32. The van der Waals surface area contributed by atoms with Gasteiger partial charge in [-0.05, 0) is 12.1 Å². The van der Waals surface area contributed by atoms with E-state index in [2.05, 4.69) is 0 Å². The first kappa shape index (κ1) is 12.5. The third kappa shape index (κ3) is 2.02. The Kier molecular flexibility index (Phi) is 3.25. The highest BCUT2D eigenvalue weighted by Crippen LogP contribution is 2.29. The predicted octanol–water partition coefficient (Wildman–Crippen LogP) is 3.05. The van der Waals surface area contributed by atoms with E-state index in [1.165, 1.54) is 0 Å². The van der Waals surface area contributed by atoms with E-state index in [-0.39, 0.29) is 0 Å². The van der Waals surface area contributed by atoms with Crippen LogP contribution in [0.1, 0.15) is 10.4 Å². The van der Waals surface area contributed by atoms with E-state index in [0.717, 1.165) is 6.07 Å². The molecule has 0 heterocycles. The summed E-state index contributed by atoms with van der Waals surface area (Å²) in [5.74, 6) is -10.9. The van der Waals surface area contributed by atoms with E-state index in [1.54, 1.807) is 0 Å². The Morgan fingerprint density at radius 3 is 1.94 bits per heavy atom. The fourth-order valence-electron chi connectivity index (χ4n) is 0.980. The fourth-order valence-corrected chi connectivity index (χ4v) is 0.980. The monoisotopic (exact) mass is 242 g/mol. The molecule has 0 aliphatic rings. The van der Waals surface area contributed by atoms with E-state index in [9.17, 15) is 31.1 Å². The minimum atomic E-state index is -5.11. The molecule has 88 valence electrons. The molecule has 16 heavy (non-hydrogen) atoms. The van der Waals surface area contributed by atoms with Gasteiger partial charge in [0.2, 0.25) is 5.78 Å². The van der Waals surface area contributed by atoms with Gasteiger partial charge in [0.1, 0.15) is 11.6 Å². The molecule has 0 aliphatic carbocycles. The number of hydrogen-bond acceptors (Lipinski definition) is 1. The van der Waals surface area contributed by atoms with Gasteiger partial charge in [0.15, 0.2) is 0 Å². The van der Waals surface area contributed by atoms with Crippen LogP contribution in [0.2, 0.25) is 0 Å². The van der Waals surface area contributed by atoms with Crippen LogP contribution in [0.15, 0.2) is 18.2 Å². The number of carbonyl (C=O) groups is 1. The smallest absolute Gasteiger partial charge is 0.287 e. The lowest BCUT2D eigenvalue weighted by Gasteiger charge is -2.14. The maximum absolute atomic E-state index is 12.9. The lowest BCUT2D eigenvalue weighted by Crippen LogP contribution is -2.37. The summed E-state index contributed by atoms with van der Waals surface area (Å²) in [6.45, 7) is 0. The molecular formula is C9H4F6O. The highest BCUT2D eigenvalue weighted by Gasteiger charge is 2.50. The average Bonchev–Trinajstić information content (AvgIpc) is 2.16. The van der Waals surface area contributed by atoms with Gasteiger partial charge < -0.3 is 0 Å². The molecule has 0 atom stereocenters. The Balaban J connectivity index is 3.25. The van der Waals surface area contributed by atoms with Crippen molar-refractivity contribution in [3.63, 3.8) is 0 Å². The number of ketones is 1. The van der Waals surface area contributed by atoms with Crippen LogP contribution < -0.4 is 0 Å². The van der Waals surface area contributed by atoms with Gasteiger partial charge in [0.05, 0.1) is 5.56 Å². The Morgan fingerprint density at radius 2 is 1.56 bits per heavy atom. The van der Waals surface area contributed by atoms with Gasteiger partial charge in [0, 0.05) is 0 Å². The van der Waals surface area contributed by atoms with Crippen molar-refractivity contribution in [1.82, 2.24) is 0 Å². The number of alkyl halides is 4. The molecule has 1 nitrogen and oxygen atoms in total. The first-order chi connectivity index (χ1) is 7.28. The van der Waals surface area contributed by atoms with E-state index < -0.39 is 35.3 Å². The van der Waals surface area contributed by atoms with Crippen molar-refractivity contribution < 1.29 is 31.1 Å². The molecule has 7 heteroatoms. The van der Waals surface area contributed by atoms with Crippen molar-refractivity contribution >= 4 is 5.78 Å². The molecule has 1 aromatic rings. The van der Waals surface area contributed by atoms with Gasteiger partial charge in [-0.2, -0.15) is 8.78 Å².